The molecule has 100 valence electrons. The molecule has 2 rings (SSSR count). The summed E-state index contributed by atoms with van der Waals surface area (Å²) >= 11 is 6.10. The summed E-state index contributed by atoms with van der Waals surface area (Å²) in [4.78, 5) is 0. The second kappa shape index (κ2) is 4.78. The Kier molecular flexibility index (Phi) is 3.65. The first-order chi connectivity index (χ1) is 8.30. The third-order valence-corrected chi connectivity index (χ3v) is 5.64. The quantitative estimate of drug-likeness (QED) is 0.786. The van der Waals surface area contributed by atoms with Gasteiger partial charge in [-0.2, -0.15) is 0 Å². The van der Waals surface area contributed by atoms with Crippen LogP contribution in [-0.4, -0.2) is 19.9 Å². The van der Waals surface area contributed by atoms with Crippen LogP contribution in [0.25, 0.3) is 0 Å². The lowest BCUT2D eigenvalue weighted by Crippen LogP contribution is -2.12. The zero-order valence-electron chi connectivity index (χ0n) is 9.79. The monoisotopic (exact) mass is 294 g/mol. The van der Waals surface area contributed by atoms with Crippen molar-refractivity contribution in [3.05, 3.63) is 34.9 Å². The fraction of sp³-hybridized carbons (Fsp3) is 0.500. The molecular formula is C12H13ClF2O2S. The molecule has 0 aromatic heterocycles. The molecule has 1 aliphatic heterocycles. The van der Waals surface area contributed by atoms with Crippen LogP contribution in [0.15, 0.2) is 12.1 Å². The molecule has 1 fully saturated rings. The molecule has 2 nitrogen and oxygen atoms in total. The second-order valence-electron chi connectivity index (χ2n) is 4.69. The number of hydrogen-bond acceptors (Lipinski definition) is 2. The molecule has 2 atom stereocenters. The summed E-state index contributed by atoms with van der Waals surface area (Å²) in [5, 5.41) is -0.808. The highest BCUT2D eigenvalue weighted by Crippen LogP contribution is 2.37. The summed E-state index contributed by atoms with van der Waals surface area (Å²) in [6.45, 7) is 1.46. The van der Waals surface area contributed by atoms with Crippen LogP contribution in [0, 0.1) is 24.5 Å². The Morgan fingerprint density at radius 1 is 1.33 bits per heavy atom. The SMILES string of the molecule is Cc1cc(F)c(C(Cl)C2CCS(=O)(=O)C2)cc1F. The van der Waals surface area contributed by atoms with E-state index in [4.69, 9.17) is 11.6 Å². The van der Waals surface area contributed by atoms with Gasteiger partial charge in [-0.25, -0.2) is 17.2 Å². The van der Waals surface area contributed by atoms with Gasteiger partial charge in [0.25, 0.3) is 0 Å². The van der Waals surface area contributed by atoms with Gasteiger partial charge < -0.3 is 0 Å². The van der Waals surface area contributed by atoms with E-state index in [1.54, 1.807) is 0 Å². The molecule has 0 amide bonds. The van der Waals surface area contributed by atoms with Gasteiger partial charge in [-0.15, -0.1) is 11.6 Å². The van der Waals surface area contributed by atoms with Crippen LogP contribution in [0.4, 0.5) is 8.78 Å². The van der Waals surface area contributed by atoms with Gasteiger partial charge in [0.15, 0.2) is 9.84 Å². The van der Waals surface area contributed by atoms with Gasteiger partial charge in [0.2, 0.25) is 0 Å². The Balaban J connectivity index is 2.30. The molecular weight excluding hydrogens is 282 g/mol. The van der Waals surface area contributed by atoms with Crippen molar-refractivity contribution in [2.75, 3.05) is 11.5 Å². The van der Waals surface area contributed by atoms with E-state index in [1.165, 1.54) is 6.92 Å². The topological polar surface area (TPSA) is 34.1 Å². The Hall–Kier alpha value is -0.680. The highest BCUT2D eigenvalue weighted by atomic mass is 35.5. The van der Waals surface area contributed by atoms with Crippen LogP contribution in [0.3, 0.4) is 0 Å². The number of aryl methyl sites for hydroxylation is 1. The van der Waals surface area contributed by atoms with E-state index in [9.17, 15) is 17.2 Å². The maximum atomic E-state index is 13.7. The van der Waals surface area contributed by atoms with Gasteiger partial charge >= 0.3 is 0 Å². The Labute approximate surface area is 110 Å². The number of halogens is 3. The van der Waals surface area contributed by atoms with Crippen LogP contribution >= 0.6 is 11.6 Å². The molecule has 6 heteroatoms. The van der Waals surface area contributed by atoms with Crippen LogP contribution in [-0.2, 0) is 9.84 Å². The van der Waals surface area contributed by atoms with E-state index in [0.29, 0.717) is 6.42 Å². The predicted molar refractivity (Wildman–Crippen MR) is 66.4 cm³/mol. The minimum atomic E-state index is -3.08. The fourth-order valence-corrected chi connectivity index (χ4v) is 4.51. The number of rotatable bonds is 2. The van der Waals surface area contributed by atoms with Crippen molar-refractivity contribution in [1.82, 2.24) is 0 Å². The number of sulfone groups is 1. The third-order valence-electron chi connectivity index (χ3n) is 3.26. The van der Waals surface area contributed by atoms with Crippen molar-refractivity contribution in [3.63, 3.8) is 0 Å². The normalized spacial score (nSPS) is 24.1. The first kappa shape index (κ1) is 13.7. The minimum Gasteiger partial charge on any atom is -0.229 e. The molecule has 1 aromatic rings. The van der Waals surface area contributed by atoms with E-state index in [0.717, 1.165) is 12.1 Å². The highest BCUT2D eigenvalue weighted by Gasteiger charge is 2.34. The van der Waals surface area contributed by atoms with Gasteiger partial charge in [-0.3, -0.25) is 0 Å². The Morgan fingerprint density at radius 3 is 2.56 bits per heavy atom. The van der Waals surface area contributed by atoms with Crippen LogP contribution in [0.1, 0.15) is 22.9 Å². The molecule has 1 saturated heterocycles. The average molecular weight is 295 g/mol. The summed E-state index contributed by atoms with van der Waals surface area (Å²) in [7, 11) is -3.08. The average Bonchev–Trinajstić information content (AvgIpc) is 2.63. The van der Waals surface area contributed by atoms with E-state index in [-0.39, 0.29) is 28.6 Å². The molecule has 0 bridgehead atoms. The van der Waals surface area contributed by atoms with Crippen molar-refractivity contribution in [3.8, 4) is 0 Å². The van der Waals surface area contributed by atoms with Crippen molar-refractivity contribution >= 4 is 21.4 Å². The molecule has 1 aliphatic rings. The lowest BCUT2D eigenvalue weighted by molar-refractivity contribution is 0.525. The molecule has 0 saturated carbocycles. The molecule has 1 heterocycles. The lowest BCUT2D eigenvalue weighted by atomic mass is 9.97. The lowest BCUT2D eigenvalue weighted by Gasteiger charge is -2.17. The van der Waals surface area contributed by atoms with Crippen molar-refractivity contribution in [1.29, 1.82) is 0 Å². The zero-order chi connectivity index (χ0) is 13.5. The predicted octanol–water partition coefficient (Wildman–Crippen LogP) is 2.99. The summed E-state index contributed by atoms with van der Waals surface area (Å²) in [5.74, 6) is -1.46. The largest absolute Gasteiger partial charge is 0.229 e. The Morgan fingerprint density at radius 2 is 2.00 bits per heavy atom. The zero-order valence-corrected chi connectivity index (χ0v) is 11.4. The van der Waals surface area contributed by atoms with Crippen molar-refractivity contribution in [2.24, 2.45) is 5.92 Å². The van der Waals surface area contributed by atoms with Crippen molar-refractivity contribution < 1.29 is 17.2 Å². The second-order valence-corrected chi connectivity index (χ2v) is 7.39. The van der Waals surface area contributed by atoms with Crippen LogP contribution in [0.5, 0.6) is 0 Å². The van der Waals surface area contributed by atoms with Crippen LogP contribution in [0.2, 0.25) is 0 Å². The molecule has 0 aliphatic carbocycles. The van der Waals surface area contributed by atoms with Crippen LogP contribution < -0.4 is 0 Å². The smallest absolute Gasteiger partial charge is 0.150 e. The van der Waals surface area contributed by atoms with Gasteiger partial charge in [0.05, 0.1) is 16.9 Å². The summed E-state index contributed by atoms with van der Waals surface area (Å²) in [6.07, 6.45) is 0.394. The van der Waals surface area contributed by atoms with E-state index in [1.807, 2.05) is 0 Å². The highest BCUT2D eigenvalue weighted by molar-refractivity contribution is 7.91. The summed E-state index contributed by atoms with van der Waals surface area (Å²) in [6, 6.07) is 2.15. The Bertz CT molecular complexity index is 572. The first-order valence-corrected chi connectivity index (χ1v) is 7.86. The number of benzene rings is 1. The van der Waals surface area contributed by atoms with Crippen molar-refractivity contribution in [2.45, 2.75) is 18.7 Å². The molecule has 0 N–H and O–H groups in total. The first-order valence-electron chi connectivity index (χ1n) is 5.60. The van der Waals surface area contributed by atoms with Gasteiger partial charge in [-0.05, 0) is 37.0 Å². The van der Waals surface area contributed by atoms with Gasteiger partial charge in [-0.1, -0.05) is 0 Å². The third kappa shape index (κ3) is 2.67. The standard InChI is InChI=1S/C12H13ClF2O2S/c1-7-4-11(15)9(5-10(7)14)12(13)8-2-3-18(16,17)6-8/h4-5,8,12H,2-3,6H2,1H3. The summed E-state index contributed by atoms with van der Waals surface area (Å²) < 4.78 is 49.9. The molecule has 2 unspecified atom stereocenters. The molecule has 18 heavy (non-hydrogen) atoms. The molecule has 1 aromatic carbocycles. The number of alkyl halides is 1. The summed E-state index contributed by atoms with van der Waals surface area (Å²) in [5.41, 5.74) is 0.251. The molecule has 0 radical (unpaired) electrons. The number of hydrogen-bond donors (Lipinski definition) is 0. The maximum Gasteiger partial charge on any atom is 0.150 e. The fourth-order valence-electron chi connectivity index (χ4n) is 2.18. The maximum absolute atomic E-state index is 13.7. The van der Waals surface area contributed by atoms with Gasteiger partial charge in [0, 0.05) is 5.56 Å². The minimum absolute atomic E-state index is 0.0434. The van der Waals surface area contributed by atoms with E-state index >= 15 is 0 Å². The van der Waals surface area contributed by atoms with E-state index in [2.05, 4.69) is 0 Å². The molecule has 0 spiro atoms. The van der Waals surface area contributed by atoms with E-state index < -0.39 is 26.8 Å². The van der Waals surface area contributed by atoms with Gasteiger partial charge in [0.1, 0.15) is 11.6 Å².